The van der Waals surface area contributed by atoms with Crippen molar-refractivity contribution in [2.45, 2.75) is 13.5 Å². The summed E-state index contributed by atoms with van der Waals surface area (Å²) in [4.78, 5) is 14.7. The molecule has 0 unspecified atom stereocenters. The van der Waals surface area contributed by atoms with E-state index in [1.54, 1.807) is 11.8 Å². The predicted molar refractivity (Wildman–Crippen MR) is 75.1 cm³/mol. The predicted octanol–water partition coefficient (Wildman–Crippen LogP) is 1.70. The van der Waals surface area contributed by atoms with Crippen molar-refractivity contribution in [2.24, 2.45) is 5.73 Å². The van der Waals surface area contributed by atoms with Crippen LogP contribution in [0.3, 0.4) is 0 Å². The Morgan fingerprint density at radius 2 is 1.81 bits per heavy atom. The van der Waals surface area contributed by atoms with Gasteiger partial charge < -0.3 is 20.3 Å². The quantitative estimate of drug-likeness (QED) is 0.923. The Hall–Kier alpha value is -1.89. The highest BCUT2D eigenvalue weighted by molar-refractivity contribution is 5.68. The smallest absolute Gasteiger partial charge is 0.409 e. The minimum atomic E-state index is -0.625. The first-order chi connectivity index (χ1) is 10.1. The summed E-state index contributed by atoms with van der Waals surface area (Å²) in [7, 11) is 0. The minimum absolute atomic E-state index is 0.0595. The lowest BCUT2D eigenvalue weighted by Crippen LogP contribution is -2.49. The van der Waals surface area contributed by atoms with Crippen molar-refractivity contribution in [2.75, 3.05) is 37.7 Å². The van der Waals surface area contributed by atoms with Crippen molar-refractivity contribution in [1.29, 1.82) is 0 Å². The van der Waals surface area contributed by atoms with E-state index in [2.05, 4.69) is 0 Å². The summed E-state index contributed by atoms with van der Waals surface area (Å²) < 4.78 is 32.9. The molecular weight excluding hydrogens is 280 g/mol. The molecule has 1 amide bonds. The zero-order valence-corrected chi connectivity index (χ0v) is 11.9. The molecule has 1 heterocycles. The van der Waals surface area contributed by atoms with Gasteiger partial charge in [-0.2, -0.15) is 0 Å². The van der Waals surface area contributed by atoms with E-state index >= 15 is 0 Å². The summed E-state index contributed by atoms with van der Waals surface area (Å²) >= 11 is 0. The maximum absolute atomic E-state index is 14.0. The van der Waals surface area contributed by atoms with Crippen LogP contribution in [0, 0.1) is 11.6 Å². The van der Waals surface area contributed by atoms with Gasteiger partial charge in [-0.05, 0) is 24.6 Å². The molecule has 0 radical (unpaired) electrons. The van der Waals surface area contributed by atoms with Crippen LogP contribution in [0.5, 0.6) is 0 Å². The first-order valence-corrected chi connectivity index (χ1v) is 6.91. The van der Waals surface area contributed by atoms with Crippen molar-refractivity contribution in [1.82, 2.24) is 4.90 Å². The number of hydrogen-bond donors (Lipinski definition) is 1. The molecule has 7 heteroatoms. The van der Waals surface area contributed by atoms with E-state index in [-0.39, 0.29) is 12.2 Å². The Labute approximate surface area is 122 Å². The number of nitrogens with two attached hydrogens (primary N) is 1. The second-order valence-corrected chi connectivity index (χ2v) is 4.79. The van der Waals surface area contributed by atoms with Crippen LogP contribution in [0.1, 0.15) is 12.5 Å². The van der Waals surface area contributed by atoms with E-state index in [0.717, 1.165) is 0 Å². The highest BCUT2D eigenvalue weighted by Gasteiger charge is 2.25. The fourth-order valence-corrected chi connectivity index (χ4v) is 2.37. The van der Waals surface area contributed by atoms with Crippen molar-refractivity contribution in [3.8, 4) is 0 Å². The molecule has 0 aromatic heterocycles. The van der Waals surface area contributed by atoms with Gasteiger partial charge in [-0.15, -0.1) is 0 Å². The van der Waals surface area contributed by atoms with Gasteiger partial charge in [-0.25, -0.2) is 13.6 Å². The van der Waals surface area contributed by atoms with Crippen LogP contribution in [0.4, 0.5) is 19.3 Å². The summed E-state index contributed by atoms with van der Waals surface area (Å²) in [5, 5.41) is 0. The standard InChI is InChI=1S/C14H19F2N3O2/c1-2-21-14(20)19-5-3-18(4-6-19)13-11(15)7-10(9-17)8-12(13)16/h7-8H,2-6,9,17H2,1H3. The SMILES string of the molecule is CCOC(=O)N1CCN(c2c(F)cc(CN)cc2F)CC1. The van der Waals surface area contributed by atoms with Crippen LogP contribution in [0.2, 0.25) is 0 Å². The Kier molecular flexibility index (Phi) is 4.95. The van der Waals surface area contributed by atoms with Gasteiger partial charge in [0.2, 0.25) is 0 Å². The highest BCUT2D eigenvalue weighted by atomic mass is 19.1. The number of piperazine rings is 1. The number of halogens is 2. The van der Waals surface area contributed by atoms with Gasteiger partial charge in [0.25, 0.3) is 0 Å². The number of benzene rings is 1. The summed E-state index contributed by atoms with van der Waals surface area (Å²) in [6.45, 7) is 3.58. The van der Waals surface area contributed by atoms with Crippen LogP contribution in [0.15, 0.2) is 12.1 Å². The van der Waals surface area contributed by atoms with Crippen LogP contribution in [0.25, 0.3) is 0 Å². The van der Waals surface area contributed by atoms with E-state index in [4.69, 9.17) is 10.5 Å². The second-order valence-electron chi connectivity index (χ2n) is 4.79. The van der Waals surface area contributed by atoms with Gasteiger partial charge in [0.05, 0.1) is 6.61 Å². The number of carbonyl (C=O) groups is 1. The molecule has 1 aliphatic heterocycles. The number of carbonyl (C=O) groups excluding carboxylic acids is 1. The first-order valence-electron chi connectivity index (χ1n) is 6.91. The number of hydrogen-bond acceptors (Lipinski definition) is 4. The largest absolute Gasteiger partial charge is 0.450 e. The lowest BCUT2D eigenvalue weighted by atomic mass is 10.1. The molecule has 1 fully saturated rings. The molecule has 116 valence electrons. The van der Waals surface area contributed by atoms with E-state index < -0.39 is 17.7 Å². The Balaban J connectivity index is 2.07. The zero-order chi connectivity index (χ0) is 15.4. The van der Waals surface area contributed by atoms with Crippen LogP contribution in [-0.2, 0) is 11.3 Å². The van der Waals surface area contributed by atoms with Gasteiger partial charge in [0, 0.05) is 32.7 Å². The normalized spacial score (nSPS) is 15.2. The first kappa shape index (κ1) is 15.5. The monoisotopic (exact) mass is 299 g/mol. The van der Waals surface area contributed by atoms with Gasteiger partial charge in [-0.1, -0.05) is 0 Å². The van der Waals surface area contributed by atoms with E-state index in [1.165, 1.54) is 17.0 Å². The summed E-state index contributed by atoms with van der Waals surface area (Å²) in [5.74, 6) is -1.25. The third kappa shape index (κ3) is 3.41. The molecule has 0 bridgehead atoms. The highest BCUT2D eigenvalue weighted by Crippen LogP contribution is 2.26. The van der Waals surface area contributed by atoms with E-state index in [0.29, 0.717) is 38.3 Å². The summed E-state index contributed by atoms with van der Waals surface area (Å²) in [5.41, 5.74) is 5.75. The van der Waals surface area contributed by atoms with E-state index in [9.17, 15) is 13.6 Å². The Morgan fingerprint density at radius 3 is 2.29 bits per heavy atom. The molecule has 0 aliphatic carbocycles. The van der Waals surface area contributed by atoms with Crippen molar-refractivity contribution in [3.05, 3.63) is 29.3 Å². The minimum Gasteiger partial charge on any atom is -0.450 e. The van der Waals surface area contributed by atoms with Gasteiger partial charge in [0.1, 0.15) is 17.3 Å². The van der Waals surface area contributed by atoms with Crippen molar-refractivity contribution in [3.63, 3.8) is 0 Å². The van der Waals surface area contributed by atoms with Gasteiger partial charge >= 0.3 is 6.09 Å². The lowest BCUT2D eigenvalue weighted by Gasteiger charge is -2.35. The molecule has 1 saturated heterocycles. The molecule has 1 aromatic carbocycles. The molecule has 2 N–H and O–H groups in total. The Morgan fingerprint density at radius 1 is 1.24 bits per heavy atom. The maximum atomic E-state index is 14.0. The third-order valence-corrected chi connectivity index (χ3v) is 3.43. The van der Waals surface area contributed by atoms with E-state index in [1.807, 2.05) is 0 Å². The molecule has 0 atom stereocenters. The molecule has 21 heavy (non-hydrogen) atoms. The fraction of sp³-hybridized carbons (Fsp3) is 0.500. The fourth-order valence-electron chi connectivity index (χ4n) is 2.37. The van der Waals surface area contributed by atoms with Gasteiger partial charge in [0.15, 0.2) is 0 Å². The van der Waals surface area contributed by atoms with Gasteiger partial charge in [-0.3, -0.25) is 0 Å². The summed E-state index contributed by atoms with van der Waals surface area (Å²) in [6, 6.07) is 2.49. The maximum Gasteiger partial charge on any atom is 0.409 e. The molecule has 0 spiro atoms. The summed E-state index contributed by atoms with van der Waals surface area (Å²) in [6.07, 6.45) is -0.392. The average Bonchev–Trinajstić information content (AvgIpc) is 2.47. The second kappa shape index (κ2) is 6.71. The van der Waals surface area contributed by atoms with Crippen LogP contribution >= 0.6 is 0 Å². The average molecular weight is 299 g/mol. The Bertz CT molecular complexity index is 494. The number of rotatable bonds is 3. The van der Waals surface area contributed by atoms with Crippen molar-refractivity contribution >= 4 is 11.8 Å². The molecule has 2 rings (SSSR count). The zero-order valence-electron chi connectivity index (χ0n) is 11.9. The topological polar surface area (TPSA) is 58.8 Å². The number of amides is 1. The van der Waals surface area contributed by atoms with Crippen LogP contribution < -0.4 is 10.6 Å². The molecule has 0 saturated carbocycles. The molecular formula is C14H19F2N3O2. The number of ether oxygens (including phenoxy) is 1. The number of nitrogens with zero attached hydrogens (tertiary/aromatic N) is 2. The third-order valence-electron chi connectivity index (χ3n) is 3.43. The lowest BCUT2D eigenvalue weighted by molar-refractivity contribution is 0.105. The molecule has 1 aliphatic rings. The molecule has 5 nitrogen and oxygen atoms in total. The van der Waals surface area contributed by atoms with Crippen molar-refractivity contribution < 1.29 is 18.3 Å². The number of anilines is 1. The van der Waals surface area contributed by atoms with Crippen LogP contribution in [-0.4, -0.2) is 43.8 Å². The molecule has 1 aromatic rings.